The number of carbonyl (C=O) groups is 1. The normalized spacial score (nSPS) is 17.7. The van der Waals surface area contributed by atoms with Gasteiger partial charge < -0.3 is 15.0 Å². The van der Waals surface area contributed by atoms with Gasteiger partial charge in [0.1, 0.15) is 5.69 Å². The zero-order valence-corrected chi connectivity index (χ0v) is 19.0. The fourth-order valence-electron chi connectivity index (χ4n) is 4.60. The maximum Gasteiger partial charge on any atom is 0.264 e. The molecule has 2 aromatic heterocycles. The second-order valence-electron chi connectivity index (χ2n) is 8.60. The zero-order valence-electron chi connectivity index (χ0n) is 18.3. The number of para-hydroxylation sites is 1. The van der Waals surface area contributed by atoms with Crippen molar-refractivity contribution in [2.45, 2.75) is 38.5 Å². The molecule has 1 aliphatic heterocycles. The lowest BCUT2D eigenvalue weighted by Crippen LogP contribution is -2.40. The second-order valence-corrected chi connectivity index (χ2v) is 9.01. The molecule has 0 saturated carbocycles. The minimum Gasteiger partial charge on any atom is -0.375 e. The number of anilines is 1. The van der Waals surface area contributed by atoms with Crippen LogP contribution < -0.4 is 4.90 Å². The first-order chi connectivity index (χ1) is 15.9. The van der Waals surface area contributed by atoms with Crippen molar-refractivity contribution in [1.82, 2.24) is 20.0 Å². The molecule has 7 nitrogen and oxygen atoms in total. The van der Waals surface area contributed by atoms with Gasteiger partial charge in [-0.1, -0.05) is 46.7 Å². The summed E-state index contributed by atoms with van der Waals surface area (Å²) in [5.74, 6) is -0.429. The highest BCUT2D eigenvalue weighted by Gasteiger charge is 2.51. The summed E-state index contributed by atoms with van der Waals surface area (Å²) in [6.45, 7) is 6.50. The Morgan fingerprint density at radius 2 is 2.06 bits per heavy atom. The third-order valence-corrected chi connectivity index (χ3v) is 6.36. The topological polar surface area (TPSA) is 87.0 Å². The number of H-pyrrole nitrogens is 1. The number of aliphatic hydroxyl groups is 1. The molecule has 3 heterocycles. The molecule has 0 fully saturated rings. The number of aromatic nitrogens is 4. The van der Waals surface area contributed by atoms with Crippen molar-refractivity contribution in [2.75, 3.05) is 4.90 Å². The third-order valence-electron chi connectivity index (χ3n) is 6.04. The Morgan fingerprint density at radius 3 is 2.88 bits per heavy atom. The fourth-order valence-corrected chi connectivity index (χ4v) is 4.93. The van der Waals surface area contributed by atoms with E-state index in [1.807, 2.05) is 24.5 Å². The first-order valence-corrected chi connectivity index (χ1v) is 11.2. The summed E-state index contributed by atoms with van der Waals surface area (Å²) in [5, 5.41) is 21.4. The van der Waals surface area contributed by atoms with E-state index in [9.17, 15) is 9.90 Å². The summed E-state index contributed by atoms with van der Waals surface area (Å²) in [6, 6.07) is 13.4. The molecular formula is C25H24ClN5O2. The molecule has 0 saturated heterocycles. The van der Waals surface area contributed by atoms with E-state index in [4.69, 9.17) is 11.6 Å². The quantitative estimate of drug-likeness (QED) is 0.400. The predicted octanol–water partition coefficient (Wildman–Crippen LogP) is 4.36. The average Bonchev–Trinajstić information content (AvgIpc) is 3.45. The van der Waals surface area contributed by atoms with Crippen LogP contribution in [0.2, 0.25) is 5.02 Å². The molecule has 168 valence electrons. The van der Waals surface area contributed by atoms with E-state index in [0.717, 1.165) is 11.9 Å². The Labute approximate surface area is 196 Å². The van der Waals surface area contributed by atoms with E-state index >= 15 is 0 Å². The van der Waals surface area contributed by atoms with Crippen molar-refractivity contribution in [3.8, 4) is 0 Å². The van der Waals surface area contributed by atoms with Crippen molar-refractivity contribution in [1.29, 1.82) is 0 Å². The highest BCUT2D eigenvalue weighted by Crippen LogP contribution is 2.47. The molecule has 2 aromatic carbocycles. The van der Waals surface area contributed by atoms with Gasteiger partial charge in [-0.2, -0.15) is 0 Å². The maximum absolute atomic E-state index is 13.3. The van der Waals surface area contributed by atoms with Crippen molar-refractivity contribution >= 4 is 34.1 Å². The molecule has 8 heteroatoms. The lowest BCUT2D eigenvalue weighted by atomic mass is 9.89. The van der Waals surface area contributed by atoms with Gasteiger partial charge >= 0.3 is 0 Å². The standard InChI is InChI=1S/C25H24ClN5O2/c1-16(2)12-25(33)23-20(26)7-5-9-22(23)31(24(25)32)15-18-14-30(29-28-18)11-10-17-13-27-21-8-4-3-6-19(17)21/h3-9,13-14,27,33H,1,10-12,15H2,2H3/t25-/m0/s1. The highest BCUT2D eigenvalue weighted by molar-refractivity contribution is 6.33. The summed E-state index contributed by atoms with van der Waals surface area (Å²) < 4.78 is 1.77. The van der Waals surface area contributed by atoms with Crippen LogP contribution in [-0.2, 0) is 29.9 Å². The number of hydrogen-bond donors (Lipinski definition) is 2. The van der Waals surface area contributed by atoms with Crippen LogP contribution in [-0.4, -0.2) is 31.0 Å². The molecule has 1 atom stereocenters. The van der Waals surface area contributed by atoms with Gasteiger partial charge in [0, 0.05) is 40.7 Å². The highest BCUT2D eigenvalue weighted by atomic mass is 35.5. The smallest absolute Gasteiger partial charge is 0.264 e. The van der Waals surface area contributed by atoms with Gasteiger partial charge in [0.25, 0.3) is 5.91 Å². The van der Waals surface area contributed by atoms with Gasteiger partial charge in [-0.25, -0.2) is 0 Å². The average molecular weight is 462 g/mol. The van der Waals surface area contributed by atoms with Crippen LogP contribution in [0.3, 0.4) is 0 Å². The minimum atomic E-state index is -1.73. The van der Waals surface area contributed by atoms with Crippen LogP contribution in [0.15, 0.2) is 67.0 Å². The summed E-state index contributed by atoms with van der Waals surface area (Å²) in [7, 11) is 0. The van der Waals surface area contributed by atoms with Crippen molar-refractivity contribution in [2.24, 2.45) is 0 Å². The summed E-state index contributed by atoms with van der Waals surface area (Å²) >= 11 is 6.40. The molecule has 0 bridgehead atoms. The molecule has 1 aliphatic rings. The Balaban J connectivity index is 1.35. The van der Waals surface area contributed by atoms with Gasteiger partial charge in [0.05, 0.1) is 18.4 Å². The van der Waals surface area contributed by atoms with Gasteiger partial charge in [-0.3, -0.25) is 9.48 Å². The van der Waals surface area contributed by atoms with E-state index in [1.165, 1.54) is 15.8 Å². The van der Waals surface area contributed by atoms with Crippen LogP contribution in [0.25, 0.3) is 10.9 Å². The number of benzene rings is 2. The van der Waals surface area contributed by atoms with Gasteiger partial charge in [0.2, 0.25) is 0 Å². The van der Waals surface area contributed by atoms with Crippen LogP contribution in [0, 0.1) is 0 Å². The van der Waals surface area contributed by atoms with Crippen LogP contribution in [0.5, 0.6) is 0 Å². The SMILES string of the molecule is C=C(C)C[C@@]1(O)C(=O)N(Cc2cn(CCc3c[nH]c4ccccc34)nn2)c2cccc(Cl)c21. The molecule has 4 aromatic rings. The lowest BCUT2D eigenvalue weighted by Gasteiger charge is -2.23. The number of amides is 1. The number of halogens is 1. The monoisotopic (exact) mass is 461 g/mol. The van der Waals surface area contributed by atoms with E-state index in [0.29, 0.717) is 34.1 Å². The number of aryl methyl sites for hydroxylation is 2. The summed E-state index contributed by atoms with van der Waals surface area (Å²) in [4.78, 5) is 18.1. The number of nitrogens with one attached hydrogen (secondary N) is 1. The molecule has 2 N–H and O–H groups in total. The van der Waals surface area contributed by atoms with Crippen molar-refractivity contribution in [3.05, 3.63) is 88.9 Å². The minimum absolute atomic E-state index is 0.108. The molecule has 1 amide bonds. The lowest BCUT2D eigenvalue weighted by molar-refractivity contribution is -0.136. The van der Waals surface area contributed by atoms with Crippen LogP contribution >= 0.6 is 11.6 Å². The molecule has 0 radical (unpaired) electrons. The van der Waals surface area contributed by atoms with Gasteiger partial charge in [-0.05, 0) is 37.1 Å². The van der Waals surface area contributed by atoms with Crippen molar-refractivity contribution in [3.63, 3.8) is 0 Å². The number of carbonyl (C=O) groups excluding carboxylic acids is 1. The van der Waals surface area contributed by atoms with E-state index in [-0.39, 0.29) is 13.0 Å². The summed E-state index contributed by atoms with van der Waals surface area (Å²) in [6.07, 6.45) is 4.76. The third kappa shape index (κ3) is 3.73. The van der Waals surface area contributed by atoms with E-state index in [1.54, 1.807) is 29.8 Å². The van der Waals surface area contributed by atoms with Gasteiger partial charge in [-0.15, -0.1) is 11.7 Å². The number of hydrogen-bond acceptors (Lipinski definition) is 4. The fraction of sp³-hybridized carbons (Fsp3) is 0.240. The van der Waals surface area contributed by atoms with E-state index < -0.39 is 11.5 Å². The summed E-state index contributed by atoms with van der Waals surface area (Å²) in [5.41, 5.74) is 2.93. The first kappa shape index (κ1) is 21.4. The molecule has 0 aliphatic carbocycles. The second kappa shape index (κ2) is 8.17. The Hall–Kier alpha value is -3.42. The molecule has 33 heavy (non-hydrogen) atoms. The number of rotatable bonds is 7. The molecule has 0 spiro atoms. The first-order valence-electron chi connectivity index (χ1n) is 10.8. The molecular weight excluding hydrogens is 438 g/mol. The number of aromatic amines is 1. The predicted molar refractivity (Wildman–Crippen MR) is 128 cm³/mol. The van der Waals surface area contributed by atoms with E-state index in [2.05, 4.69) is 34.0 Å². The van der Waals surface area contributed by atoms with Crippen molar-refractivity contribution < 1.29 is 9.90 Å². The van der Waals surface area contributed by atoms with Gasteiger partial charge in [0.15, 0.2) is 5.60 Å². The number of nitrogens with zero attached hydrogens (tertiary/aromatic N) is 4. The molecule has 5 rings (SSSR count). The number of fused-ring (bicyclic) bond motifs is 2. The van der Waals surface area contributed by atoms with Crippen LogP contribution in [0.4, 0.5) is 5.69 Å². The van der Waals surface area contributed by atoms with Crippen LogP contribution in [0.1, 0.15) is 30.2 Å². The Bertz CT molecular complexity index is 1370. The largest absolute Gasteiger partial charge is 0.375 e. The Kier molecular flexibility index (Phi) is 5.31. The Morgan fingerprint density at radius 1 is 1.24 bits per heavy atom. The molecule has 0 unspecified atom stereocenters. The maximum atomic E-state index is 13.3. The zero-order chi connectivity index (χ0) is 23.2.